The highest BCUT2D eigenvalue weighted by Crippen LogP contribution is 2.21. The molecule has 0 unspecified atom stereocenters. The quantitative estimate of drug-likeness (QED) is 0.568. The number of aromatic nitrogens is 1. The van der Waals surface area contributed by atoms with E-state index in [9.17, 15) is 0 Å². The van der Waals surface area contributed by atoms with Crippen LogP contribution >= 0.6 is 11.6 Å². The van der Waals surface area contributed by atoms with Gasteiger partial charge < -0.3 is 4.74 Å². The zero-order valence-electron chi connectivity index (χ0n) is 9.16. The molecule has 0 saturated carbocycles. The van der Waals surface area contributed by atoms with Gasteiger partial charge in [-0.25, -0.2) is 0 Å². The number of hydrogen-bond acceptors (Lipinski definition) is 2. The summed E-state index contributed by atoms with van der Waals surface area (Å²) in [5, 5.41) is 0. The van der Waals surface area contributed by atoms with Gasteiger partial charge in [0.05, 0.1) is 7.11 Å². The molecule has 0 aromatic carbocycles. The van der Waals surface area contributed by atoms with Crippen LogP contribution in [0.2, 0.25) is 0 Å². The first-order chi connectivity index (χ1) is 7.29. The zero-order chi connectivity index (χ0) is 11.1. The Kier molecular flexibility index (Phi) is 5.19. The average Bonchev–Trinajstić information content (AvgIpc) is 2.26. The van der Waals surface area contributed by atoms with Crippen LogP contribution < -0.4 is 4.74 Å². The zero-order valence-corrected chi connectivity index (χ0v) is 9.92. The van der Waals surface area contributed by atoms with E-state index >= 15 is 0 Å². The summed E-state index contributed by atoms with van der Waals surface area (Å²) in [5.74, 6) is 1.49. The smallest absolute Gasteiger partial charge is 0.125 e. The summed E-state index contributed by atoms with van der Waals surface area (Å²) in [6.45, 7) is 2.00. The van der Waals surface area contributed by atoms with E-state index in [4.69, 9.17) is 16.3 Å². The van der Waals surface area contributed by atoms with Gasteiger partial charge in [0.1, 0.15) is 5.75 Å². The maximum Gasteiger partial charge on any atom is 0.125 e. The van der Waals surface area contributed by atoms with Crippen LogP contribution in [-0.4, -0.2) is 18.0 Å². The summed E-state index contributed by atoms with van der Waals surface area (Å²) >= 11 is 5.55. The van der Waals surface area contributed by atoms with Gasteiger partial charge in [-0.1, -0.05) is 12.2 Å². The fourth-order valence-electron chi connectivity index (χ4n) is 1.48. The maximum atomic E-state index is 5.55. The fourth-order valence-corrected chi connectivity index (χ4v) is 1.60. The predicted molar refractivity (Wildman–Crippen MR) is 63.7 cm³/mol. The standard InChI is InChI=1S/C12H16ClNO/c1-10-11(6-4-3-5-8-13)12(15-2)7-9-14-10/h3,5,7,9H,4,6,8H2,1-2H3/b5-3-. The molecule has 0 aliphatic carbocycles. The van der Waals surface area contributed by atoms with Crippen LogP contribution in [-0.2, 0) is 6.42 Å². The van der Waals surface area contributed by atoms with Gasteiger partial charge in [0.15, 0.2) is 0 Å². The Hall–Kier alpha value is -1.02. The van der Waals surface area contributed by atoms with Gasteiger partial charge in [0, 0.05) is 23.3 Å². The van der Waals surface area contributed by atoms with Crippen LogP contribution in [0.1, 0.15) is 17.7 Å². The van der Waals surface area contributed by atoms with Gasteiger partial charge in [0.25, 0.3) is 0 Å². The third-order valence-corrected chi connectivity index (χ3v) is 2.44. The van der Waals surface area contributed by atoms with Crippen LogP contribution in [0, 0.1) is 6.92 Å². The highest BCUT2D eigenvalue weighted by atomic mass is 35.5. The second kappa shape index (κ2) is 6.46. The minimum atomic E-state index is 0.573. The van der Waals surface area contributed by atoms with Crippen LogP contribution in [0.3, 0.4) is 0 Å². The number of hydrogen-bond donors (Lipinski definition) is 0. The largest absolute Gasteiger partial charge is 0.496 e. The second-order valence-electron chi connectivity index (χ2n) is 3.24. The highest BCUT2D eigenvalue weighted by Gasteiger charge is 2.05. The molecule has 0 saturated heterocycles. The molecular weight excluding hydrogens is 210 g/mol. The summed E-state index contributed by atoms with van der Waals surface area (Å²) < 4.78 is 5.29. The second-order valence-corrected chi connectivity index (χ2v) is 3.55. The van der Waals surface area contributed by atoms with Crippen molar-refractivity contribution < 1.29 is 4.74 Å². The number of aryl methyl sites for hydroxylation is 1. The van der Waals surface area contributed by atoms with Crippen molar-refractivity contribution in [2.45, 2.75) is 19.8 Å². The van der Waals surface area contributed by atoms with E-state index in [1.807, 2.05) is 19.1 Å². The maximum absolute atomic E-state index is 5.55. The molecule has 0 aliphatic rings. The van der Waals surface area contributed by atoms with Gasteiger partial charge >= 0.3 is 0 Å². The summed E-state index contributed by atoms with van der Waals surface area (Å²) in [7, 11) is 1.69. The molecule has 1 rings (SSSR count). The Morgan fingerprint density at radius 2 is 2.27 bits per heavy atom. The normalized spacial score (nSPS) is 10.9. The lowest BCUT2D eigenvalue weighted by Crippen LogP contribution is -1.97. The number of rotatable bonds is 5. The van der Waals surface area contributed by atoms with E-state index in [1.54, 1.807) is 13.3 Å². The average molecular weight is 226 g/mol. The molecule has 15 heavy (non-hydrogen) atoms. The highest BCUT2D eigenvalue weighted by molar-refractivity contribution is 6.18. The van der Waals surface area contributed by atoms with Crippen molar-refractivity contribution in [3.05, 3.63) is 35.7 Å². The van der Waals surface area contributed by atoms with Gasteiger partial charge in [-0.2, -0.15) is 0 Å². The molecule has 0 aliphatic heterocycles. The van der Waals surface area contributed by atoms with E-state index in [2.05, 4.69) is 11.1 Å². The first-order valence-electron chi connectivity index (χ1n) is 4.99. The van der Waals surface area contributed by atoms with Crippen molar-refractivity contribution in [3.8, 4) is 5.75 Å². The third kappa shape index (κ3) is 3.56. The lowest BCUT2D eigenvalue weighted by atomic mass is 10.1. The summed E-state index contributed by atoms with van der Waals surface area (Å²) in [6, 6.07) is 1.90. The number of pyridine rings is 1. The van der Waals surface area contributed by atoms with Gasteiger partial charge in [-0.15, -0.1) is 11.6 Å². The molecule has 0 spiro atoms. The first-order valence-corrected chi connectivity index (χ1v) is 5.52. The molecular formula is C12H16ClNO. The summed E-state index contributed by atoms with van der Waals surface area (Å²) in [5.41, 5.74) is 2.22. The van der Waals surface area contributed by atoms with Crippen LogP contribution in [0.4, 0.5) is 0 Å². The molecule has 0 atom stereocenters. The summed E-state index contributed by atoms with van der Waals surface area (Å²) in [4.78, 5) is 4.26. The van der Waals surface area contributed by atoms with Crippen molar-refractivity contribution in [2.24, 2.45) is 0 Å². The Labute approximate surface area is 95.9 Å². The minimum Gasteiger partial charge on any atom is -0.496 e. The lowest BCUT2D eigenvalue weighted by Gasteiger charge is -2.09. The molecule has 1 aromatic heterocycles. The van der Waals surface area contributed by atoms with Gasteiger partial charge in [0.2, 0.25) is 0 Å². The molecule has 0 fully saturated rings. The Bertz CT molecular complexity index is 336. The van der Waals surface area contributed by atoms with E-state index in [1.165, 1.54) is 5.56 Å². The van der Waals surface area contributed by atoms with Crippen molar-refractivity contribution in [1.29, 1.82) is 0 Å². The first kappa shape index (κ1) is 12.1. The number of alkyl halides is 1. The van der Waals surface area contributed by atoms with E-state index < -0.39 is 0 Å². The topological polar surface area (TPSA) is 22.1 Å². The molecule has 0 radical (unpaired) electrons. The van der Waals surface area contributed by atoms with E-state index in [0.717, 1.165) is 24.3 Å². The van der Waals surface area contributed by atoms with Crippen LogP contribution in [0.25, 0.3) is 0 Å². The van der Waals surface area contributed by atoms with E-state index in [0.29, 0.717) is 5.88 Å². The van der Waals surface area contributed by atoms with Gasteiger partial charge in [-0.3, -0.25) is 4.98 Å². The minimum absolute atomic E-state index is 0.573. The molecule has 82 valence electrons. The fraction of sp³-hybridized carbons (Fsp3) is 0.417. The Morgan fingerprint density at radius 3 is 2.93 bits per heavy atom. The SMILES string of the molecule is COc1ccnc(C)c1CC/C=C\CCl. The molecule has 0 bridgehead atoms. The predicted octanol–water partition coefficient (Wildman–Crippen LogP) is 3.13. The van der Waals surface area contributed by atoms with Crippen LogP contribution in [0.5, 0.6) is 5.75 Å². The number of ether oxygens (including phenoxy) is 1. The molecule has 2 nitrogen and oxygen atoms in total. The van der Waals surface area contributed by atoms with Crippen molar-refractivity contribution in [1.82, 2.24) is 4.98 Å². The van der Waals surface area contributed by atoms with Crippen LogP contribution in [0.15, 0.2) is 24.4 Å². The van der Waals surface area contributed by atoms with E-state index in [-0.39, 0.29) is 0 Å². The van der Waals surface area contributed by atoms with Gasteiger partial charge in [-0.05, 0) is 25.8 Å². The number of halogens is 1. The molecule has 1 heterocycles. The molecule has 1 aromatic rings. The number of nitrogens with zero attached hydrogens (tertiary/aromatic N) is 1. The van der Waals surface area contributed by atoms with Crippen molar-refractivity contribution in [2.75, 3.05) is 13.0 Å². The Balaban J connectivity index is 2.70. The van der Waals surface area contributed by atoms with Crippen molar-refractivity contribution in [3.63, 3.8) is 0 Å². The number of allylic oxidation sites excluding steroid dienone is 2. The summed E-state index contributed by atoms with van der Waals surface area (Å²) in [6.07, 6.45) is 7.72. The Morgan fingerprint density at radius 1 is 1.47 bits per heavy atom. The lowest BCUT2D eigenvalue weighted by molar-refractivity contribution is 0.408. The molecule has 0 amide bonds. The number of methoxy groups -OCH3 is 1. The molecule has 0 N–H and O–H groups in total. The molecule has 3 heteroatoms. The monoisotopic (exact) mass is 225 g/mol. The van der Waals surface area contributed by atoms with Crippen molar-refractivity contribution >= 4 is 11.6 Å². The third-order valence-electron chi connectivity index (χ3n) is 2.26.